The molecule has 0 amide bonds. The molecule has 7 radical (unpaired) electrons. The molecule has 0 aliphatic carbocycles. The molecule has 0 aromatic carbocycles. The van der Waals surface area contributed by atoms with Crippen LogP contribution in [0.2, 0.25) is 0 Å². The SMILES string of the molecule is N.[Bi].[Ca].[Sr]. The van der Waals surface area contributed by atoms with Crippen LogP contribution in [-0.2, 0) is 0 Å². The molecule has 4 heteroatoms. The van der Waals surface area contributed by atoms with E-state index in [0.29, 0.717) is 0 Å². The first-order chi connectivity index (χ1) is 0. The molecule has 0 aliphatic heterocycles. The molecular formula is H3BiCaNSr. The van der Waals surface area contributed by atoms with Crippen molar-refractivity contribution in [1.29, 1.82) is 0 Å². The van der Waals surface area contributed by atoms with Crippen molar-refractivity contribution >= 4 is 109 Å². The molecule has 0 unspecified atom stereocenters. The van der Waals surface area contributed by atoms with Crippen LogP contribution in [0.5, 0.6) is 0 Å². The van der Waals surface area contributed by atoms with Crippen LogP contribution in [0.1, 0.15) is 0 Å². The zero-order valence-corrected chi connectivity index (χ0v) is 11.7. The van der Waals surface area contributed by atoms with Crippen molar-refractivity contribution in [2.45, 2.75) is 0 Å². The molecule has 0 spiro atoms. The van der Waals surface area contributed by atoms with Gasteiger partial charge in [-0.1, -0.05) is 0 Å². The van der Waals surface area contributed by atoms with Gasteiger partial charge in [0, 0.05) is 109 Å². The van der Waals surface area contributed by atoms with Crippen molar-refractivity contribution in [2.75, 3.05) is 0 Å². The fourth-order valence-electron chi connectivity index (χ4n) is 0. The molecule has 17 valence electrons. The van der Waals surface area contributed by atoms with E-state index in [9.17, 15) is 0 Å². The summed E-state index contributed by atoms with van der Waals surface area (Å²) in [5, 5.41) is 0. The Morgan fingerprint density at radius 3 is 1.00 bits per heavy atom. The minimum atomic E-state index is 0. The Morgan fingerprint density at radius 1 is 1.00 bits per heavy atom. The van der Waals surface area contributed by atoms with Crippen molar-refractivity contribution in [1.82, 2.24) is 6.15 Å². The molecular weight excluding hydrogens is 351 g/mol. The van der Waals surface area contributed by atoms with Crippen LogP contribution >= 0.6 is 0 Å². The summed E-state index contributed by atoms with van der Waals surface area (Å²) < 4.78 is 0. The second-order valence-electron chi connectivity index (χ2n) is 0. The van der Waals surface area contributed by atoms with Gasteiger partial charge in [-0.05, 0) is 0 Å². The average molecular weight is 354 g/mol. The smallest absolute Gasteiger partial charge is 0 e. The standard InChI is InChI=1S/Bi.Ca.H3N.Sr/h;;1H3;. The van der Waals surface area contributed by atoms with Crippen LogP contribution < -0.4 is 6.15 Å². The molecule has 0 saturated heterocycles. The zero-order valence-electron chi connectivity index (χ0n) is 2.57. The van der Waals surface area contributed by atoms with Gasteiger partial charge in [0.1, 0.15) is 0 Å². The molecule has 1 nitrogen and oxygen atoms in total. The molecule has 0 aliphatic rings. The van der Waals surface area contributed by atoms with Crippen molar-refractivity contribution in [3.63, 3.8) is 0 Å². The van der Waals surface area contributed by atoms with Gasteiger partial charge in [0.2, 0.25) is 0 Å². The fraction of sp³-hybridized carbons (Fsp3) is 0. The normalized spacial score (nSPS) is 0. The Kier molecular flexibility index (Phi) is 102. The van der Waals surface area contributed by atoms with E-state index in [2.05, 4.69) is 0 Å². The molecule has 0 saturated carbocycles. The first-order valence-electron chi connectivity index (χ1n) is 0. The van der Waals surface area contributed by atoms with Crippen LogP contribution in [-0.4, -0.2) is 109 Å². The van der Waals surface area contributed by atoms with Gasteiger partial charge in [0.15, 0.2) is 0 Å². The number of hydrogen-bond acceptors (Lipinski definition) is 1. The fourth-order valence-corrected chi connectivity index (χ4v) is 0. The van der Waals surface area contributed by atoms with E-state index in [1.807, 2.05) is 0 Å². The number of rotatable bonds is 0. The van der Waals surface area contributed by atoms with Gasteiger partial charge in [-0.2, -0.15) is 0 Å². The summed E-state index contributed by atoms with van der Waals surface area (Å²) in [5.74, 6) is 0. The monoisotopic (exact) mass is 354 g/mol. The third-order valence-corrected chi connectivity index (χ3v) is 0. The Balaban J connectivity index is 0. The van der Waals surface area contributed by atoms with Gasteiger partial charge in [-0.15, -0.1) is 0 Å². The largest absolute Gasteiger partial charge is 0.344 e. The van der Waals surface area contributed by atoms with E-state index in [1.54, 1.807) is 0 Å². The van der Waals surface area contributed by atoms with E-state index >= 15 is 0 Å². The summed E-state index contributed by atoms with van der Waals surface area (Å²) in [5.41, 5.74) is 0. The molecule has 0 bridgehead atoms. The Labute approximate surface area is 112 Å². The second-order valence-corrected chi connectivity index (χ2v) is 0. The van der Waals surface area contributed by atoms with E-state index < -0.39 is 0 Å². The topological polar surface area (TPSA) is 35.0 Å². The summed E-state index contributed by atoms with van der Waals surface area (Å²) in [6.45, 7) is 0. The maximum Gasteiger partial charge on any atom is 0 e. The zero-order chi connectivity index (χ0) is 0. The van der Waals surface area contributed by atoms with Crippen LogP contribution in [0.25, 0.3) is 0 Å². The summed E-state index contributed by atoms with van der Waals surface area (Å²) in [6.07, 6.45) is 0. The predicted molar refractivity (Wildman–Crippen MR) is 22.3 cm³/mol. The molecule has 0 atom stereocenters. The number of hydrogen-bond donors (Lipinski definition) is 1. The first-order valence-corrected chi connectivity index (χ1v) is 0. The predicted octanol–water partition coefficient (Wildman–Crippen LogP) is -0.980. The Morgan fingerprint density at radius 2 is 1.00 bits per heavy atom. The van der Waals surface area contributed by atoms with Crippen LogP contribution in [0.3, 0.4) is 0 Å². The van der Waals surface area contributed by atoms with Gasteiger partial charge in [-0.3, -0.25) is 0 Å². The molecule has 0 rings (SSSR count). The summed E-state index contributed by atoms with van der Waals surface area (Å²) >= 11 is 0. The Bertz CT molecular complexity index is 8.00. The van der Waals surface area contributed by atoms with Crippen molar-refractivity contribution < 1.29 is 0 Å². The summed E-state index contributed by atoms with van der Waals surface area (Å²) in [6, 6.07) is 0. The third kappa shape index (κ3) is 9.13. The van der Waals surface area contributed by atoms with Gasteiger partial charge in [0.05, 0.1) is 0 Å². The Hall–Kier alpha value is 3.58. The minimum Gasteiger partial charge on any atom is -0.344 e. The maximum absolute atomic E-state index is 0. The molecule has 0 heterocycles. The van der Waals surface area contributed by atoms with Crippen molar-refractivity contribution in [3.8, 4) is 0 Å². The van der Waals surface area contributed by atoms with E-state index in [4.69, 9.17) is 0 Å². The van der Waals surface area contributed by atoms with Gasteiger partial charge in [-0.25, -0.2) is 0 Å². The molecule has 4 heavy (non-hydrogen) atoms. The van der Waals surface area contributed by atoms with Crippen LogP contribution in [0, 0.1) is 0 Å². The molecule has 0 aromatic heterocycles. The maximum atomic E-state index is 0. The van der Waals surface area contributed by atoms with Gasteiger partial charge in [0.25, 0.3) is 0 Å². The third-order valence-electron chi connectivity index (χ3n) is 0. The van der Waals surface area contributed by atoms with E-state index in [0.717, 1.165) is 0 Å². The average Bonchev–Trinajstić information content (AvgIpc) is 0. The quantitative estimate of drug-likeness (QED) is 0.558. The van der Waals surface area contributed by atoms with E-state index in [-0.39, 0.29) is 116 Å². The van der Waals surface area contributed by atoms with E-state index in [1.165, 1.54) is 0 Å². The second kappa shape index (κ2) is 16.0. The molecule has 0 aromatic rings. The van der Waals surface area contributed by atoms with Crippen LogP contribution in [0.15, 0.2) is 0 Å². The van der Waals surface area contributed by atoms with Gasteiger partial charge < -0.3 is 6.15 Å². The van der Waals surface area contributed by atoms with Crippen LogP contribution in [0.4, 0.5) is 0 Å². The first kappa shape index (κ1) is 25.6. The van der Waals surface area contributed by atoms with Crippen molar-refractivity contribution in [2.24, 2.45) is 0 Å². The van der Waals surface area contributed by atoms with Gasteiger partial charge >= 0.3 is 0 Å². The minimum absolute atomic E-state index is 0. The summed E-state index contributed by atoms with van der Waals surface area (Å²) in [4.78, 5) is 0. The summed E-state index contributed by atoms with van der Waals surface area (Å²) in [7, 11) is 0. The molecule has 3 N–H and O–H groups in total. The molecule has 0 fully saturated rings. The van der Waals surface area contributed by atoms with Crippen molar-refractivity contribution in [3.05, 3.63) is 0 Å².